The van der Waals surface area contributed by atoms with Gasteiger partial charge in [-0.05, 0) is 57.2 Å². The molecule has 0 aliphatic heterocycles. The number of benzene rings is 1. The summed E-state index contributed by atoms with van der Waals surface area (Å²) < 4.78 is 0. The average Bonchev–Trinajstić information content (AvgIpc) is 2.29. The van der Waals surface area contributed by atoms with Gasteiger partial charge in [0, 0.05) is 10.4 Å². The molecule has 1 rings (SSSR count). The summed E-state index contributed by atoms with van der Waals surface area (Å²) in [4.78, 5) is 1.37. The predicted octanol–water partition coefficient (Wildman–Crippen LogP) is 3.73. The molecule has 0 saturated carbocycles. The fraction of sp³-hybridized carbons (Fsp3) is 0.571. The quantitative estimate of drug-likeness (QED) is 0.757. The van der Waals surface area contributed by atoms with E-state index in [1.165, 1.54) is 16.9 Å². The van der Waals surface area contributed by atoms with Crippen molar-refractivity contribution >= 4 is 11.8 Å². The number of aryl methyl sites for hydroxylation is 1. The Bertz CT molecular complexity index is 303. The van der Waals surface area contributed by atoms with Gasteiger partial charge in [-0.3, -0.25) is 0 Å². The summed E-state index contributed by atoms with van der Waals surface area (Å²) in [6.45, 7) is 6.68. The number of nitrogens with one attached hydrogen (secondary N) is 1. The Balaban J connectivity index is 2.49. The molecule has 0 radical (unpaired) electrons. The van der Waals surface area contributed by atoms with Gasteiger partial charge in [0.2, 0.25) is 0 Å². The molecule has 1 nitrogen and oxygen atoms in total. The van der Waals surface area contributed by atoms with Gasteiger partial charge in [-0.25, -0.2) is 0 Å². The lowest BCUT2D eigenvalue weighted by Gasteiger charge is -2.23. The van der Waals surface area contributed by atoms with Crippen molar-refractivity contribution in [3.63, 3.8) is 0 Å². The van der Waals surface area contributed by atoms with Crippen LogP contribution in [0.5, 0.6) is 0 Å². The average molecular weight is 237 g/mol. The zero-order valence-corrected chi connectivity index (χ0v) is 11.7. The topological polar surface area (TPSA) is 12.0 Å². The Morgan fingerprint density at radius 1 is 1.19 bits per heavy atom. The van der Waals surface area contributed by atoms with Gasteiger partial charge >= 0.3 is 0 Å². The molecule has 1 N–H and O–H groups in total. The first kappa shape index (κ1) is 13.6. The Labute approximate surface area is 104 Å². The van der Waals surface area contributed by atoms with Gasteiger partial charge in [0.25, 0.3) is 0 Å². The van der Waals surface area contributed by atoms with Crippen LogP contribution in [0.4, 0.5) is 0 Å². The van der Waals surface area contributed by atoms with Crippen molar-refractivity contribution < 1.29 is 0 Å². The molecule has 90 valence electrons. The molecule has 0 aromatic heterocycles. The van der Waals surface area contributed by atoms with Crippen LogP contribution in [0.15, 0.2) is 29.2 Å². The molecule has 16 heavy (non-hydrogen) atoms. The number of hydrogen-bond acceptors (Lipinski definition) is 2. The fourth-order valence-corrected chi connectivity index (χ4v) is 2.16. The minimum Gasteiger partial charge on any atom is -0.315 e. The summed E-state index contributed by atoms with van der Waals surface area (Å²) >= 11 is 1.90. The molecule has 1 aromatic carbocycles. The second kappa shape index (κ2) is 6.31. The van der Waals surface area contributed by atoms with Gasteiger partial charge in [0.05, 0.1) is 0 Å². The summed E-state index contributed by atoms with van der Waals surface area (Å²) in [5.41, 5.74) is 1.67. The zero-order chi connectivity index (χ0) is 12.0. The van der Waals surface area contributed by atoms with Crippen molar-refractivity contribution in [1.82, 2.24) is 5.32 Å². The highest BCUT2D eigenvalue weighted by molar-refractivity contribution is 7.99. The first-order valence-corrected chi connectivity index (χ1v) is 6.96. The van der Waals surface area contributed by atoms with Crippen molar-refractivity contribution in [1.29, 1.82) is 0 Å². The van der Waals surface area contributed by atoms with Crippen molar-refractivity contribution in [2.24, 2.45) is 0 Å². The Morgan fingerprint density at radius 2 is 1.81 bits per heavy atom. The molecular formula is C14H23NS. The third-order valence-electron chi connectivity index (χ3n) is 2.95. The highest BCUT2D eigenvalue weighted by Gasteiger charge is 2.13. The molecule has 0 aliphatic rings. The largest absolute Gasteiger partial charge is 0.315 e. The van der Waals surface area contributed by atoms with Crippen LogP contribution in [0.2, 0.25) is 0 Å². The number of rotatable bonds is 6. The SMILES string of the molecule is CCSc1ccc(CCC(C)(C)NC)cc1. The van der Waals surface area contributed by atoms with Crippen molar-refractivity contribution in [3.8, 4) is 0 Å². The van der Waals surface area contributed by atoms with E-state index in [0.717, 1.165) is 12.2 Å². The second-order valence-corrected chi connectivity index (χ2v) is 6.05. The van der Waals surface area contributed by atoms with E-state index >= 15 is 0 Å². The van der Waals surface area contributed by atoms with Crippen molar-refractivity contribution in [2.45, 2.75) is 44.0 Å². The van der Waals surface area contributed by atoms with Gasteiger partial charge in [-0.15, -0.1) is 11.8 Å². The molecule has 2 heteroatoms. The van der Waals surface area contributed by atoms with E-state index in [-0.39, 0.29) is 5.54 Å². The van der Waals surface area contributed by atoms with Crippen molar-refractivity contribution in [2.75, 3.05) is 12.8 Å². The molecule has 0 bridgehead atoms. The third kappa shape index (κ3) is 4.58. The maximum atomic E-state index is 3.34. The van der Waals surface area contributed by atoms with Gasteiger partial charge in [-0.1, -0.05) is 19.1 Å². The normalized spacial score (nSPS) is 11.8. The first-order valence-electron chi connectivity index (χ1n) is 5.98. The van der Waals surface area contributed by atoms with Crippen LogP contribution in [0.1, 0.15) is 32.8 Å². The second-order valence-electron chi connectivity index (χ2n) is 4.71. The Hall–Kier alpha value is -0.470. The molecule has 0 amide bonds. The maximum Gasteiger partial charge on any atom is 0.0125 e. The summed E-state index contributed by atoms with van der Waals surface area (Å²) in [6.07, 6.45) is 2.31. The van der Waals surface area contributed by atoms with Crippen LogP contribution in [0.25, 0.3) is 0 Å². The van der Waals surface area contributed by atoms with Crippen LogP contribution >= 0.6 is 11.8 Å². The summed E-state index contributed by atoms with van der Waals surface area (Å²) in [5.74, 6) is 1.14. The molecule has 0 aliphatic carbocycles. The summed E-state index contributed by atoms with van der Waals surface area (Å²) in [7, 11) is 2.03. The van der Waals surface area contributed by atoms with Crippen LogP contribution in [-0.2, 0) is 6.42 Å². The predicted molar refractivity (Wildman–Crippen MR) is 74.3 cm³/mol. The lowest BCUT2D eigenvalue weighted by Crippen LogP contribution is -2.36. The van der Waals surface area contributed by atoms with Crippen LogP contribution in [0.3, 0.4) is 0 Å². The van der Waals surface area contributed by atoms with E-state index in [2.05, 4.69) is 50.4 Å². The lowest BCUT2D eigenvalue weighted by molar-refractivity contribution is 0.393. The van der Waals surface area contributed by atoms with E-state index in [9.17, 15) is 0 Å². The maximum absolute atomic E-state index is 3.34. The van der Waals surface area contributed by atoms with Gasteiger partial charge in [0.1, 0.15) is 0 Å². The van der Waals surface area contributed by atoms with E-state index in [1.54, 1.807) is 0 Å². The van der Waals surface area contributed by atoms with Gasteiger partial charge in [-0.2, -0.15) is 0 Å². The van der Waals surface area contributed by atoms with Crippen molar-refractivity contribution in [3.05, 3.63) is 29.8 Å². The van der Waals surface area contributed by atoms with E-state index < -0.39 is 0 Å². The fourth-order valence-electron chi connectivity index (χ4n) is 1.50. The molecule has 0 fully saturated rings. The van der Waals surface area contributed by atoms with Gasteiger partial charge < -0.3 is 5.32 Å². The van der Waals surface area contributed by atoms with Gasteiger partial charge in [0.15, 0.2) is 0 Å². The van der Waals surface area contributed by atoms with E-state index in [4.69, 9.17) is 0 Å². The monoisotopic (exact) mass is 237 g/mol. The lowest BCUT2D eigenvalue weighted by atomic mass is 9.96. The summed E-state index contributed by atoms with van der Waals surface area (Å²) in [6, 6.07) is 8.97. The third-order valence-corrected chi connectivity index (χ3v) is 3.84. The molecule has 0 spiro atoms. The minimum atomic E-state index is 0.233. The molecule has 0 heterocycles. The summed E-state index contributed by atoms with van der Waals surface area (Å²) in [5, 5.41) is 3.34. The van der Waals surface area contributed by atoms with Crippen LogP contribution < -0.4 is 5.32 Å². The Kier molecular flexibility index (Phi) is 5.36. The zero-order valence-electron chi connectivity index (χ0n) is 10.8. The number of thioether (sulfide) groups is 1. The smallest absolute Gasteiger partial charge is 0.0125 e. The van der Waals surface area contributed by atoms with Crippen LogP contribution in [0, 0.1) is 0 Å². The van der Waals surface area contributed by atoms with Crippen LogP contribution in [-0.4, -0.2) is 18.3 Å². The number of hydrogen-bond donors (Lipinski definition) is 1. The Morgan fingerprint density at radius 3 is 2.31 bits per heavy atom. The van der Waals surface area contributed by atoms with E-state index in [0.29, 0.717) is 0 Å². The molecular weight excluding hydrogens is 214 g/mol. The molecule has 0 atom stereocenters. The van der Waals surface area contributed by atoms with E-state index in [1.807, 2.05) is 18.8 Å². The molecule has 0 unspecified atom stereocenters. The molecule has 1 aromatic rings. The highest BCUT2D eigenvalue weighted by atomic mass is 32.2. The minimum absolute atomic E-state index is 0.233. The highest BCUT2D eigenvalue weighted by Crippen LogP contribution is 2.19. The standard InChI is InChI=1S/C14H23NS/c1-5-16-13-8-6-12(7-9-13)10-11-14(2,3)15-4/h6-9,15H,5,10-11H2,1-4H3. The molecule has 0 saturated heterocycles. The first-order chi connectivity index (χ1) is 7.57.